The van der Waals surface area contributed by atoms with E-state index < -0.39 is 0 Å². The van der Waals surface area contributed by atoms with Gasteiger partial charge in [-0.05, 0) is 37.0 Å². The lowest BCUT2D eigenvalue weighted by Crippen LogP contribution is -2.36. The number of carbonyl (C=O) groups is 1. The topological polar surface area (TPSA) is 42.2 Å². The highest BCUT2D eigenvalue weighted by Gasteiger charge is 2.22. The number of rotatable bonds is 6. The fourth-order valence-corrected chi connectivity index (χ4v) is 3.45. The first-order valence-electron chi connectivity index (χ1n) is 8.68. The van der Waals surface area contributed by atoms with Crippen molar-refractivity contribution in [1.29, 1.82) is 0 Å². The molecule has 2 aromatic rings. The summed E-state index contributed by atoms with van der Waals surface area (Å²) >= 11 is 0. The number of hydrogen-bond acceptors (Lipinski definition) is 2. The highest BCUT2D eigenvalue weighted by atomic mass is 16.3. The fraction of sp³-hybridized carbons (Fsp3) is 0.450. The van der Waals surface area contributed by atoms with Gasteiger partial charge >= 0.3 is 0 Å². The van der Waals surface area contributed by atoms with Gasteiger partial charge in [-0.2, -0.15) is 0 Å². The SMILES string of the molecule is O=C(C[C@@H](Cc1ccccc1)c1ccco1)NC1CCCCC1. The van der Waals surface area contributed by atoms with Crippen molar-refractivity contribution < 1.29 is 9.21 Å². The van der Waals surface area contributed by atoms with E-state index in [0.717, 1.165) is 25.0 Å². The molecule has 0 aliphatic heterocycles. The van der Waals surface area contributed by atoms with Crippen molar-refractivity contribution >= 4 is 5.91 Å². The molecule has 1 aromatic heterocycles. The van der Waals surface area contributed by atoms with Crippen LogP contribution in [0, 0.1) is 0 Å². The first-order valence-corrected chi connectivity index (χ1v) is 8.68. The summed E-state index contributed by atoms with van der Waals surface area (Å²) in [6, 6.07) is 14.5. The first kappa shape index (κ1) is 15.9. The van der Waals surface area contributed by atoms with E-state index in [1.54, 1.807) is 6.26 Å². The van der Waals surface area contributed by atoms with Crippen LogP contribution in [0.1, 0.15) is 55.8 Å². The van der Waals surface area contributed by atoms with Gasteiger partial charge in [0.1, 0.15) is 5.76 Å². The van der Waals surface area contributed by atoms with Crippen molar-refractivity contribution in [2.24, 2.45) is 0 Å². The Kier molecular flexibility index (Phi) is 5.51. The Bertz CT molecular complexity index is 585. The lowest BCUT2D eigenvalue weighted by Gasteiger charge is -2.24. The Morgan fingerprint density at radius 3 is 2.57 bits per heavy atom. The maximum Gasteiger partial charge on any atom is 0.220 e. The van der Waals surface area contributed by atoms with E-state index in [0.29, 0.717) is 12.5 Å². The number of furan rings is 1. The van der Waals surface area contributed by atoms with Crippen molar-refractivity contribution in [3.8, 4) is 0 Å². The molecule has 0 unspecified atom stereocenters. The predicted octanol–water partition coefficient (Wildman–Crippen LogP) is 4.44. The van der Waals surface area contributed by atoms with Crippen LogP contribution in [0.25, 0.3) is 0 Å². The third kappa shape index (κ3) is 4.72. The van der Waals surface area contributed by atoms with Gasteiger partial charge in [0.05, 0.1) is 6.26 Å². The third-order valence-corrected chi connectivity index (χ3v) is 4.67. The molecule has 3 nitrogen and oxygen atoms in total. The summed E-state index contributed by atoms with van der Waals surface area (Å²) in [5.41, 5.74) is 1.24. The Morgan fingerprint density at radius 2 is 1.87 bits per heavy atom. The summed E-state index contributed by atoms with van der Waals surface area (Å²) in [5.74, 6) is 1.14. The second-order valence-corrected chi connectivity index (χ2v) is 6.51. The number of nitrogens with one attached hydrogen (secondary N) is 1. The minimum atomic E-state index is 0.0935. The molecule has 1 N–H and O–H groups in total. The molecule has 1 saturated carbocycles. The van der Waals surface area contributed by atoms with Crippen LogP contribution in [-0.4, -0.2) is 11.9 Å². The van der Waals surface area contributed by atoms with Crippen molar-refractivity contribution in [3.05, 3.63) is 60.1 Å². The Morgan fingerprint density at radius 1 is 1.09 bits per heavy atom. The van der Waals surface area contributed by atoms with Crippen LogP contribution in [-0.2, 0) is 11.2 Å². The van der Waals surface area contributed by atoms with Gasteiger partial charge < -0.3 is 9.73 Å². The number of hydrogen-bond donors (Lipinski definition) is 1. The largest absolute Gasteiger partial charge is 0.469 e. The molecule has 0 bridgehead atoms. The predicted molar refractivity (Wildman–Crippen MR) is 91.2 cm³/mol. The summed E-state index contributed by atoms with van der Waals surface area (Å²) in [6.45, 7) is 0. The summed E-state index contributed by atoms with van der Waals surface area (Å²) in [7, 11) is 0. The van der Waals surface area contributed by atoms with Crippen LogP contribution in [0.3, 0.4) is 0 Å². The van der Waals surface area contributed by atoms with Gasteiger partial charge in [0.25, 0.3) is 0 Å². The molecule has 1 amide bonds. The van der Waals surface area contributed by atoms with Crippen molar-refractivity contribution in [1.82, 2.24) is 5.32 Å². The lowest BCUT2D eigenvalue weighted by molar-refractivity contribution is -0.122. The minimum Gasteiger partial charge on any atom is -0.469 e. The van der Waals surface area contributed by atoms with E-state index in [4.69, 9.17) is 4.42 Å². The summed E-state index contributed by atoms with van der Waals surface area (Å²) in [4.78, 5) is 12.5. The summed E-state index contributed by atoms with van der Waals surface area (Å²) < 4.78 is 5.58. The van der Waals surface area contributed by atoms with E-state index in [9.17, 15) is 4.79 Å². The molecular formula is C20H25NO2. The molecule has 3 rings (SSSR count). The molecule has 0 radical (unpaired) electrons. The quantitative estimate of drug-likeness (QED) is 0.856. The van der Waals surface area contributed by atoms with Crippen LogP contribution >= 0.6 is 0 Å². The number of amides is 1. The van der Waals surface area contributed by atoms with Gasteiger partial charge in [-0.3, -0.25) is 4.79 Å². The Hall–Kier alpha value is -2.03. The second-order valence-electron chi connectivity index (χ2n) is 6.51. The molecule has 23 heavy (non-hydrogen) atoms. The maximum atomic E-state index is 12.5. The molecule has 1 aliphatic rings. The molecule has 1 aromatic carbocycles. The third-order valence-electron chi connectivity index (χ3n) is 4.67. The van der Waals surface area contributed by atoms with Gasteiger partial charge in [-0.1, -0.05) is 49.6 Å². The zero-order valence-corrected chi connectivity index (χ0v) is 13.5. The minimum absolute atomic E-state index is 0.0935. The van der Waals surface area contributed by atoms with Crippen molar-refractivity contribution in [2.45, 2.75) is 56.9 Å². The molecule has 122 valence electrons. The average molecular weight is 311 g/mol. The van der Waals surface area contributed by atoms with E-state index in [-0.39, 0.29) is 11.8 Å². The smallest absolute Gasteiger partial charge is 0.220 e. The highest BCUT2D eigenvalue weighted by molar-refractivity contribution is 5.77. The van der Waals surface area contributed by atoms with E-state index >= 15 is 0 Å². The maximum absolute atomic E-state index is 12.5. The van der Waals surface area contributed by atoms with Gasteiger partial charge in [-0.25, -0.2) is 0 Å². The van der Waals surface area contributed by atoms with Gasteiger partial charge in [0.15, 0.2) is 0 Å². The molecule has 0 saturated heterocycles. The molecule has 3 heteroatoms. The van der Waals surface area contributed by atoms with Crippen molar-refractivity contribution in [2.75, 3.05) is 0 Å². The Labute approximate surface area is 138 Å². The van der Waals surface area contributed by atoms with Gasteiger partial charge in [0.2, 0.25) is 5.91 Å². The normalized spacial score (nSPS) is 16.9. The molecule has 1 fully saturated rings. The van der Waals surface area contributed by atoms with E-state index in [2.05, 4.69) is 17.4 Å². The van der Waals surface area contributed by atoms with Crippen LogP contribution in [0.15, 0.2) is 53.1 Å². The molecule has 1 atom stereocenters. The van der Waals surface area contributed by atoms with Crippen LogP contribution in [0.2, 0.25) is 0 Å². The lowest BCUT2D eigenvalue weighted by atomic mass is 9.92. The fourth-order valence-electron chi connectivity index (χ4n) is 3.45. The molecule has 0 spiro atoms. The van der Waals surface area contributed by atoms with Crippen molar-refractivity contribution in [3.63, 3.8) is 0 Å². The van der Waals surface area contributed by atoms with E-state index in [1.165, 1.54) is 24.8 Å². The first-order chi connectivity index (χ1) is 11.3. The zero-order chi connectivity index (χ0) is 15.9. The summed E-state index contributed by atoms with van der Waals surface area (Å²) in [6.07, 6.45) is 9.01. The van der Waals surface area contributed by atoms with Gasteiger partial charge in [0, 0.05) is 18.4 Å². The standard InChI is InChI=1S/C20H25NO2/c22-20(21-18-10-5-2-6-11-18)15-17(19-12-7-13-23-19)14-16-8-3-1-4-9-16/h1,3-4,7-9,12-13,17-18H,2,5-6,10-11,14-15H2,(H,21,22)/t17-/m1/s1. The highest BCUT2D eigenvalue weighted by Crippen LogP contribution is 2.25. The van der Waals surface area contributed by atoms with Crippen LogP contribution in [0.4, 0.5) is 0 Å². The Balaban J connectivity index is 1.62. The number of benzene rings is 1. The zero-order valence-electron chi connectivity index (χ0n) is 13.5. The molecular weight excluding hydrogens is 286 g/mol. The monoisotopic (exact) mass is 311 g/mol. The summed E-state index contributed by atoms with van der Waals surface area (Å²) in [5, 5.41) is 3.22. The molecule has 1 aliphatic carbocycles. The van der Waals surface area contributed by atoms with Crippen LogP contribution in [0.5, 0.6) is 0 Å². The average Bonchev–Trinajstić information content (AvgIpc) is 3.10. The van der Waals surface area contributed by atoms with Crippen LogP contribution < -0.4 is 5.32 Å². The van der Waals surface area contributed by atoms with E-state index in [1.807, 2.05) is 30.3 Å². The molecule has 1 heterocycles. The number of carbonyl (C=O) groups excluding carboxylic acids is 1. The van der Waals surface area contributed by atoms with Gasteiger partial charge in [-0.15, -0.1) is 0 Å². The second kappa shape index (κ2) is 8.00.